The van der Waals surface area contributed by atoms with Gasteiger partial charge in [-0.25, -0.2) is 0 Å². The van der Waals surface area contributed by atoms with Crippen molar-refractivity contribution in [2.24, 2.45) is 5.41 Å². The maximum Gasteiger partial charge on any atom is 0.246 e. The minimum Gasteiger partial charge on any atom is -0.347 e. The number of nitrogens with one attached hydrogen (secondary N) is 2. The number of hydrogen-bond acceptors (Lipinski definition) is 2. The zero-order chi connectivity index (χ0) is 20.1. The number of amides is 2. The molecule has 1 aromatic rings. The van der Waals surface area contributed by atoms with E-state index in [2.05, 4.69) is 31.4 Å². The van der Waals surface area contributed by atoms with E-state index in [9.17, 15) is 9.59 Å². The Labute approximate surface area is 171 Å². The molecular weight excluding hydrogens is 383 g/mol. The first-order valence-electron chi connectivity index (χ1n) is 9.33. The Morgan fingerprint density at radius 3 is 2.41 bits per heavy atom. The van der Waals surface area contributed by atoms with E-state index in [1.54, 1.807) is 12.1 Å². The molecule has 0 saturated heterocycles. The molecular formula is C21H28Cl2N2O2. The molecule has 1 unspecified atom stereocenters. The number of halogens is 2. The van der Waals surface area contributed by atoms with Crippen molar-refractivity contribution >= 4 is 41.6 Å². The maximum atomic E-state index is 13.1. The van der Waals surface area contributed by atoms with Gasteiger partial charge in [-0.05, 0) is 36.0 Å². The van der Waals surface area contributed by atoms with E-state index in [-0.39, 0.29) is 17.4 Å². The summed E-state index contributed by atoms with van der Waals surface area (Å²) >= 11 is 12.2. The summed E-state index contributed by atoms with van der Waals surface area (Å²) in [6, 6.07) is 5.10. The predicted molar refractivity (Wildman–Crippen MR) is 112 cm³/mol. The number of carbonyl (C=O) groups is 2. The summed E-state index contributed by atoms with van der Waals surface area (Å²) in [7, 11) is 0. The van der Waals surface area contributed by atoms with Crippen LogP contribution in [-0.2, 0) is 9.59 Å². The molecule has 0 aromatic heterocycles. The van der Waals surface area contributed by atoms with Gasteiger partial charge in [0.2, 0.25) is 12.3 Å². The lowest BCUT2D eigenvalue weighted by molar-refractivity contribution is -0.132. The molecule has 0 radical (unpaired) electrons. The number of rotatable bonds is 6. The fourth-order valence-corrected chi connectivity index (χ4v) is 3.85. The molecule has 2 amide bonds. The number of carbonyl (C=O) groups excluding carboxylic acids is 2. The van der Waals surface area contributed by atoms with Crippen molar-refractivity contribution in [3.63, 3.8) is 0 Å². The molecule has 1 aliphatic carbocycles. The van der Waals surface area contributed by atoms with Crippen molar-refractivity contribution in [3.8, 4) is 0 Å². The highest BCUT2D eigenvalue weighted by molar-refractivity contribution is 6.35. The molecule has 27 heavy (non-hydrogen) atoms. The lowest BCUT2D eigenvalue weighted by Gasteiger charge is -2.38. The van der Waals surface area contributed by atoms with Crippen LogP contribution in [0.15, 0.2) is 24.3 Å². The highest BCUT2D eigenvalue weighted by atomic mass is 35.5. The third-order valence-corrected chi connectivity index (χ3v) is 5.69. The van der Waals surface area contributed by atoms with Crippen molar-refractivity contribution in [1.82, 2.24) is 10.6 Å². The van der Waals surface area contributed by atoms with Crippen molar-refractivity contribution in [3.05, 3.63) is 39.9 Å². The van der Waals surface area contributed by atoms with E-state index in [4.69, 9.17) is 23.2 Å². The quantitative estimate of drug-likeness (QED) is 0.649. The lowest BCUT2D eigenvalue weighted by atomic mass is 9.79. The largest absolute Gasteiger partial charge is 0.347 e. The average molecular weight is 411 g/mol. The van der Waals surface area contributed by atoms with E-state index in [0.717, 1.165) is 24.8 Å². The number of hydrogen-bond donors (Lipinski definition) is 2. The second kappa shape index (κ2) is 9.11. The summed E-state index contributed by atoms with van der Waals surface area (Å²) < 4.78 is 0. The van der Waals surface area contributed by atoms with Gasteiger partial charge in [0.25, 0.3) is 0 Å². The van der Waals surface area contributed by atoms with Gasteiger partial charge in [-0.2, -0.15) is 0 Å². The van der Waals surface area contributed by atoms with Gasteiger partial charge in [0, 0.05) is 10.0 Å². The average Bonchev–Trinajstić information content (AvgIpc) is 2.59. The monoisotopic (exact) mass is 410 g/mol. The van der Waals surface area contributed by atoms with Crippen LogP contribution in [0, 0.1) is 5.41 Å². The maximum absolute atomic E-state index is 13.1. The Hall–Kier alpha value is -1.52. The summed E-state index contributed by atoms with van der Waals surface area (Å²) in [4.78, 5) is 24.2. The highest BCUT2D eigenvalue weighted by Crippen LogP contribution is 2.30. The molecule has 0 aliphatic heterocycles. The van der Waals surface area contributed by atoms with E-state index in [1.807, 2.05) is 18.2 Å². The minimum atomic E-state index is -0.810. The van der Waals surface area contributed by atoms with E-state index in [0.29, 0.717) is 29.3 Å². The van der Waals surface area contributed by atoms with Gasteiger partial charge in [-0.1, -0.05) is 81.5 Å². The Bertz CT molecular complexity index is 705. The molecule has 0 heterocycles. The van der Waals surface area contributed by atoms with Gasteiger partial charge in [0.05, 0.1) is 6.04 Å². The normalized spacial score (nSPS) is 18.1. The predicted octanol–water partition coefficient (Wildman–Crippen LogP) is 4.99. The fourth-order valence-electron chi connectivity index (χ4n) is 3.37. The van der Waals surface area contributed by atoms with Crippen molar-refractivity contribution in [2.45, 2.75) is 64.5 Å². The first kappa shape index (κ1) is 21.8. The lowest BCUT2D eigenvalue weighted by Crippen LogP contribution is -2.60. The highest BCUT2D eigenvalue weighted by Gasteiger charge is 2.40. The molecule has 6 heteroatoms. The van der Waals surface area contributed by atoms with Gasteiger partial charge < -0.3 is 10.6 Å². The minimum absolute atomic E-state index is 0.124. The third-order valence-electron chi connectivity index (χ3n) is 5.13. The second-order valence-electron chi connectivity index (χ2n) is 8.25. The van der Waals surface area contributed by atoms with Crippen LogP contribution in [-0.4, -0.2) is 23.9 Å². The van der Waals surface area contributed by atoms with Crippen LogP contribution in [0.25, 0.3) is 6.08 Å². The first-order valence-corrected chi connectivity index (χ1v) is 10.1. The molecule has 1 atom stereocenters. The van der Waals surface area contributed by atoms with Gasteiger partial charge in [-0.15, -0.1) is 0 Å². The molecule has 2 N–H and O–H groups in total. The van der Waals surface area contributed by atoms with Crippen LogP contribution in [0.4, 0.5) is 0 Å². The zero-order valence-corrected chi connectivity index (χ0v) is 17.7. The van der Waals surface area contributed by atoms with Crippen LogP contribution >= 0.6 is 23.2 Å². The Kier molecular flexibility index (Phi) is 7.35. The second-order valence-corrected chi connectivity index (χ2v) is 9.09. The standard InChI is InChI=1S/C21H28Cl2N2O2/c1-20(2,3)18(10-8-15-7-9-16(22)13-17(15)23)25-19(27)21(24-14-26)11-5-4-6-12-21/h7-10,13-14,18H,4-6,11-12H2,1-3H3,(H,24,26)(H,25,27). The number of benzene rings is 1. The summed E-state index contributed by atoms with van der Waals surface area (Å²) in [5, 5.41) is 7.07. The molecule has 1 saturated carbocycles. The van der Waals surface area contributed by atoms with Crippen LogP contribution in [0.3, 0.4) is 0 Å². The van der Waals surface area contributed by atoms with E-state index >= 15 is 0 Å². The van der Waals surface area contributed by atoms with Gasteiger partial charge >= 0.3 is 0 Å². The molecule has 0 spiro atoms. The molecule has 1 aromatic carbocycles. The fraction of sp³-hybridized carbons (Fsp3) is 0.524. The topological polar surface area (TPSA) is 58.2 Å². The van der Waals surface area contributed by atoms with Crippen molar-refractivity contribution in [2.75, 3.05) is 0 Å². The Morgan fingerprint density at radius 2 is 1.85 bits per heavy atom. The summed E-state index contributed by atoms with van der Waals surface area (Å²) in [5.74, 6) is -0.124. The van der Waals surface area contributed by atoms with Crippen molar-refractivity contribution in [1.29, 1.82) is 0 Å². The first-order chi connectivity index (χ1) is 12.7. The molecule has 1 fully saturated rings. The van der Waals surface area contributed by atoms with Crippen LogP contribution in [0.5, 0.6) is 0 Å². The summed E-state index contributed by atoms with van der Waals surface area (Å²) in [6.07, 6.45) is 8.78. The Morgan fingerprint density at radius 1 is 1.19 bits per heavy atom. The van der Waals surface area contributed by atoms with E-state index in [1.165, 1.54) is 0 Å². The van der Waals surface area contributed by atoms with Gasteiger partial charge in [0.15, 0.2) is 0 Å². The zero-order valence-electron chi connectivity index (χ0n) is 16.1. The molecule has 148 valence electrons. The van der Waals surface area contributed by atoms with Gasteiger partial charge in [0.1, 0.15) is 5.54 Å². The molecule has 0 bridgehead atoms. The van der Waals surface area contributed by atoms with E-state index < -0.39 is 5.54 Å². The van der Waals surface area contributed by atoms with Crippen LogP contribution < -0.4 is 10.6 Å². The van der Waals surface area contributed by atoms with Crippen LogP contribution in [0.1, 0.15) is 58.4 Å². The SMILES string of the molecule is CC(C)(C)C(C=Cc1ccc(Cl)cc1Cl)NC(=O)C1(NC=O)CCCCC1. The summed E-state index contributed by atoms with van der Waals surface area (Å²) in [6.45, 7) is 6.19. The Balaban J connectivity index is 2.22. The molecule has 2 rings (SSSR count). The third kappa shape index (κ3) is 5.73. The van der Waals surface area contributed by atoms with Crippen LogP contribution in [0.2, 0.25) is 10.0 Å². The van der Waals surface area contributed by atoms with Gasteiger partial charge in [-0.3, -0.25) is 9.59 Å². The molecule has 4 nitrogen and oxygen atoms in total. The van der Waals surface area contributed by atoms with Crippen molar-refractivity contribution < 1.29 is 9.59 Å². The smallest absolute Gasteiger partial charge is 0.246 e. The summed E-state index contributed by atoms with van der Waals surface area (Å²) in [5.41, 5.74) is -0.180. The molecule has 1 aliphatic rings.